The van der Waals surface area contributed by atoms with Crippen LogP contribution >= 0.6 is 0 Å². The minimum absolute atomic E-state index is 0.0753. The molecule has 0 saturated carbocycles. The summed E-state index contributed by atoms with van der Waals surface area (Å²) in [6.07, 6.45) is 0.431. The molecule has 0 bridgehead atoms. The van der Waals surface area contributed by atoms with Gasteiger partial charge in [0, 0.05) is 5.56 Å². The number of hydrogen-bond acceptors (Lipinski definition) is 4. The van der Waals surface area contributed by atoms with Gasteiger partial charge in [-0.05, 0) is 24.1 Å². The fraction of sp³-hybridized carbons (Fsp3) is 0.462. The normalized spacial score (nSPS) is 11.3. The Morgan fingerprint density at radius 2 is 1.72 bits per heavy atom. The molecule has 0 heterocycles. The standard InChI is InChI=1S/C13H19NO4/c1-2-13(8-16,9-17)14-12(18)11-5-3-10(7-15)4-6-11/h3-6,15-17H,2,7-9H2,1H3,(H,14,18). The number of aliphatic hydroxyl groups excluding tert-OH is 3. The summed E-state index contributed by atoms with van der Waals surface area (Å²) in [5.74, 6) is -0.357. The van der Waals surface area contributed by atoms with E-state index < -0.39 is 5.54 Å². The van der Waals surface area contributed by atoms with Gasteiger partial charge < -0.3 is 20.6 Å². The van der Waals surface area contributed by atoms with E-state index in [1.54, 1.807) is 31.2 Å². The van der Waals surface area contributed by atoms with Crippen molar-refractivity contribution in [3.8, 4) is 0 Å². The van der Waals surface area contributed by atoms with E-state index in [4.69, 9.17) is 5.11 Å². The maximum Gasteiger partial charge on any atom is 0.251 e. The van der Waals surface area contributed by atoms with Gasteiger partial charge in [-0.15, -0.1) is 0 Å². The zero-order valence-corrected chi connectivity index (χ0v) is 10.4. The lowest BCUT2D eigenvalue weighted by molar-refractivity contribution is 0.0653. The second kappa shape index (κ2) is 6.49. The molecule has 5 nitrogen and oxygen atoms in total. The van der Waals surface area contributed by atoms with Crippen LogP contribution in [0.1, 0.15) is 29.3 Å². The van der Waals surface area contributed by atoms with Gasteiger partial charge in [0.25, 0.3) is 5.91 Å². The molecule has 0 unspecified atom stereocenters. The summed E-state index contributed by atoms with van der Waals surface area (Å²) in [6.45, 7) is 1.07. The summed E-state index contributed by atoms with van der Waals surface area (Å²) >= 11 is 0. The van der Waals surface area contributed by atoms with Crippen LogP contribution < -0.4 is 5.32 Å². The molecule has 1 amide bonds. The summed E-state index contributed by atoms with van der Waals surface area (Å²) in [5.41, 5.74) is 0.150. The zero-order chi connectivity index (χ0) is 13.6. The summed E-state index contributed by atoms with van der Waals surface area (Å²) in [4.78, 5) is 11.9. The van der Waals surface area contributed by atoms with E-state index in [1.807, 2.05) is 0 Å². The molecule has 18 heavy (non-hydrogen) atoms. The van der Waals surface area contributed by atoms with E-state index in [1.165, 1.54) is 0 Å². The molecule has 0 spiro atoms. The van der Waals surface area contributed by atoms with E-state index in [0.29, 0.717) is 12.0 Å². The second-order valence-corrected chi connectivity index (χ2v) is 4.26. The smallest absolute Gasteiger partial charge is 0.251 e. The molecule has 0 aliphatic heterocycles. The zero-order valence-electron chi connectivity index (χ0n) is 10.4. The Morgan fingerprint density at radius 1 is 1.17 bits per heavy atom. The molecule has 1 aromatic carbocycles. The van der Waals surface area contributed by atoms with Crippen molar-refractivity contribution < 1.29 is 20.1 Å². The lowest BCUT2D eigenvalue weighted by Gasteiger charge is -2.29. The average molecular weight is 253 g/mol. The second-order valence-electron chi connectivity index (χ2n) is 4.26. The Bertz CT molecular complexity index is 376. The molecular formula is C13H19NO4. The largest absolute Gasteiger partial charge is 0.394 e. The molecule has 4 N–H and O–H groups in total. The number of nitrogens with one attached hydrogen (secondary N) is 1. The Hall–Kier alpha value is -1.43. The highest BCUT2D eigenvalue weighted by Gasteiger charge is 2.28. The van der Waals surface area contributed by atoms with Gasteiger partial charge in [0.2, 0.25) is 0 Å². The van der Waals surface area contributed by atoms with Crippen LogP contribution in [0.4, 0.5) is 0 Å². The summed E-state index contributed by atoms with van der Waals surface area (Å²) in [6, 6.07) is 6.49. The highest BCUT2D eigenvalue weighted by atomic mass is 16.3. The van der Waals surface area contributed by atoms with Gasteiger partial charge in [-0.3, -0.25) is 4.79 Å². The molecule has 0 atom stereocenters. The SMILES string of the molecule is CCC(CO)(CO)NC(=O)c1ccc(CO)cc1. The van der Waals surface area contributed by atoms with E-state index in [2.05, 4.69) is 5.32 Å². The maximum absolute atomic E-state index is 11.9. The minimum Gasteiger partial charge on any atom is -0.394 e. The third-order valence-electron chi connectivity index (χ3n) is 3.06. The fourth-order valence-corrected chi connectivity index (χ4v) is 1.52. The Morgan fingerprint density at radius 3 is 2.11 bits per heavy atom. The van der Waals surface area contributed by atoms with Crippen LogP contribution in [-0.4, -0.2) is 40.0 Å². The molecule has 1 rings (SSSR count). The van der Waals surface area contributed by atoms with Crippen molar-refractivity contribution in [2.75, 3.05) is 13.2 Å². The predicted molar refractivity (Wildman–Crippen MR) is 67.0 cm³/mol. The first kappa shape index (κ1) is 14.6. The quantitative estimate of drug-likeness (QED) is 0.576. The lowest BCUT2D eigenvalue weighted by Crippen LogP contribution is -2.53. The number of carbonyl (C=O) groups excluding carboxylic acids is 1. The van der Waals surface area contributed by atoms with Gasteiger partial charge in [0.1, 0.15) is 0 Å². The third-order valence-corrected chi connectivity index (χ3v) is 3.06. The van der Waals surface area contributed by atoms with Crippen molar-refractivity contribution in [3.63, 3.8) is 0 Å². The fourth-order valence-electron chi connectivity index (χ4n) is 1.52. The highest BCUT2D eigenvalue weighted by molar-refractivity contribution is 5.94. The van der Waals surface area contributed by atoms with E-state index in [9.17, 15) is 15.0 Å². The maximum atomic E-state index is 11.9. The van der Waals surface area contributed by atoms with Gasteiger partial charge in [0.05, 0.1) is 25.4 Å². The number of amides is 1. The van der Waals surface area contributed by atoms with Gasteiger partial charge >= 0.3 is 0 Å². The number of carbonyl (C=O) groups is 1. The molecule has 1 aromatic rings. The molecular weight excluding hydrogens is 234 g/mol. The molecule has 0 fully saturated rings. The Labute approximate surface area is 106 Å². The van der Waals surface area contributed by atoms with Crippen LogP contribution in [0, 0.1) is 0 Å². The van der Waals surface area contributed by atoms with Crippen molar-refractivity contribution in [1.82, 2.24) is 5.32 Å². The van der Waals surface area contributed by atoms with Crippen molar-refractivity contribution in [2.45, 2.75) is 25.5 Å². The Kier molecular flexibility index (Phi) is 5.27. The third kappa shape index (κ3) is 3.29. The van der Waals surface area contributed by atoms with Gasteiger partial charge in [0.15, 0.2) is 0 Å². The Balaban J connectivity index is 2.80. The van der Waals surface area contributed by atoms with Gasteiger partial charge in [-0.25, -0.2) is 0 Å². The summed E-state index contributed by atoms with van der Waals surface area (Å²) in [5, 5.41) is 30.0. The van der Waals surface area contributed by atoms with Crippen molar-refractivity contribution in [2.24, 2.45) is 0 Å². The predicted octanol–water partition coefficient (Wildman–Crippen LogP) is 0.0421. The van der Waals surface area contributed by atoms with Crippen LogP contribution in [0.3, 0.4) is 0 Å². The first-order valence-corrected chi connectivity index (χ1v) is 5.85. The van der Waals surface area contributed by atoms with Crippen LogP contribution in [0.2, 0.25) is 0 Å². The first-order valence-electron chi connectivity index (χ1n) is 5.85. The average Bonchev–Trinajstić information content (AvgIpc) is 2.45. The van der Waals surface area contributed by atoms with Crippen LogP contribution in [0.5, 0.6) is 0 Å². The van der Waals surface area contributed by atoms with Crippen molar-refractivity contribution >= 4 is 5.91 Å². The molecule has 100 valence electrons. The number of rotatable bonds is 6. The van der Waals surface area contributed by atoms with Crippen LogP contribution in [0.15, 0.2) is 24.3 Å². The summed E-state index contributed by atoms with van der Waals surface area (Å²) in [7, 11) is 0. The van der Waals surface area contributed by atoms with Gasteiger partial charge in [-0.1, -0.05) is 19.1 Å². The van der Waals surface area contributed by atoms with Gasteiger partial charge in [-0.2, -0.15) is 0 Å². The van der Waals surface area contributed by atoms with E-state index in [0.717, 1.165) is 5.56 Å². The number of aliphatic hydroxyl groups is 3. The number of hydrogen-bond donors (Lipinski definition) is 4. The minimum atomic E-state index is -0.993. The molecule has 0 radical (unpaired) electrons. The first-order chi connectivity index (χ1) is 8.60. The van der Waals surface area contributed by atoms with Crippen molar-refractivity contribution in [3.05, 3.63) is 35.4 Å². The van der Waals surface area contributed by atoms with Crippen molar-refractivity contribution in [1.29, 1.82) is 0 Å². The monoisotopic (exact) mass is 253 g/mol. The van der Waals surface area contributed by atoms with Crippen LogP contribution in [0.25, 0.3) is 0 Å². The molecule has 0 saturated heterocycles. The topological polar surface area (TPSA) is 89.8 Å². The number of benzene rings is 1. The van der Waals surface area contributed by atoms with E-state index in [-0.39, 0.29) is 25.7 Å². The molecule has 0 aromatic heterocycles. The van der Waals surface area contributed by atoms with E-state index >= 15 is 0 Å². The molecule has 0 aliphatic rings. The molecule has 0 aliphatic carbocycles. The summed E-state index contributed by atoms with van der Waals surface area (Å²) < 4.78 is 0. The molecule has 5 heteroatoms. The van der Waals surface area contributed by atoms with Crippen LogP contribution in [-0.2, 0) is 6.61 Å². The lowest BCUT2D eigenvalue weighted by atomic mass is 9.97. The highest BCUT2D eigenvalue weighted by Crippen LogP contribution is 2.11.